The molecule has 0 radical (unpaired) electrons. The minimum absolute atomic E-state index is 0.272. The van der Waals surface area contributed by atoms with Crippen LogP contribution in [0.15, 0.2) is 15.9 Å². The molecule has 1 aliphatic rings. The highest BCUT2D eigenvalue weighted by molar-refractivity contribution is 9.10. The Morgan fingerprint density at radius 2 is 2.38 bits per heavy atom. The maximum absolute atomic E-state index is 12.3. The van der Waals surface area contributed by atoms with Crippen LogP contribution < -0.4 is 0 Å². The fourth-order valence-corrected chi connectivity index (χ4v) is 4.14. The van der Waals surface area contributed by atoms with Crippen LogP contribution in [0.1, 0.15) is 48.7 Å². The highest BCUT2D eigenvalue weighted by Gasteiger charge is 2.28. The van der Waals surface area contributed by atoms with Crippen LogP contribution in [0.5, 0.6) is 0 Å². The molecule has 0 aromatic carbocycles. The lowest BCUT2D eigenvalue weighted by atomic mass is 9.78. The van der Waals surface area contributed by atoms with Gasteiger partial charge >= 0.3 is 0 Å². The number of Topliss-reactive ketones (excluding diaryl/α,β-unsaturated/α-hetero) is 1. The zero-order valence-corrected chi connectivity index (χ0v) is 11.9. The summed E-state index contributed by atoms with van der Waals surface area (Å²) in [5.74, 6) is 1.40. The normalized spacial score (nSPS) is 25.6. The van der Waals surface area contributed by atoms with Gasteiger partial charge in [-0.3, -0.25) is 4.79 Å². The van der Waals surface area contributed by atoms with Gasteiger partial charge in [-0.2, -0.15) is 0 Å². The molecule has 2 unspecified atom stereocenters. The van der Waals surface area contributed by atoms with Gasteiger partial charge in [-0.1, -0.05) is 26.2 Å². The molecule has 0 N–H and O–H groups in total. The van der Waals surface area contributed by atoms with E-state index in [0.29, 0.717) is 5.78 Å². The number of carbonyl (C=O) groups is 1. The summed E-state index contributed by atoms with van der Waals surface area (Å²) in [7, 11) is 0. The van der Waals surface area contributed by atoms with Crippen molar-refractivity contribution in [2.24, 2.45) is 11.8 Å². The molecule has 2 rings (SSSR count). The maximum Gasteiger partial charge on any atom is 0.177 e. The van der Waals surface area contributed by atoms with Crippen molar-refractivity contribution in [3.63, 3.8) is 0 Å². The van der Waals surface area contributed by atoms with Crippen molar-refractivity contribution in [1.82, 2.24) is 0 Å². The highest BCUT2D eigenvalue weighted by atomic mass is 79.9. The number of thiophene rings is 1. The zero-order valence-electron chi connectivity index (χ0n) is 9.54. The van der Waals surface area contributed by atoms with Gasteiger partial charge in [0, 0.05) is 10.4 Å². The Morgan fingerprint density at radius 3 is 3.00 bits per heavy atom. The number of ketones is 1. The van der Waals surface area contributed by atoms with E-state index < -0.39 is 0 Å². The van der Waals surface area contributed by atoms with Crippen LogP contribution in [0.3, 0.4) is 0 Å². The van der Waals surface area contributed by atoms with E-state index in [9.17, 15) is 4.79 Å². The third kappa shape index (κ3) is 2.57. The van der Waals surface area contributed by atoms with Crippen molar-refractivity contribution in [3.8, 4) is 0 Å². The Bertz CT molecular complexity index is 372. The average molecular weight is 301 g/mol. The number of rotatable bonds is 3. The maximum atomic E-state index is 12.3. The third-order valence-electron chi connectivity index (χ3n) is 3.57. The van der Waals surface area contributed by atoms with Crippen LogP contribution >= 0.6 is 27.3 Å². The summed E-state index contributed by atoms with van der Waals surface area (Å²) in [6, 6.07) is 1.97. The van der Waals surface area contributed by atoms with Gasteiger partial charge in [-0.15, -0.1) is 11.3 Å². The number of hydrogen-bond acceptors (Lipinski definition) is 2. The first-order valence-electron chi connectivity index (χ1n) is 5.99. The fraction of sp³-hybridized carbons (Fsp3) is 0.615. The van der Waals surface area contributed by atoms with Gasteiger partial charge in [0.2, 0.25) is 0 Å². The smallest absolute Gasteiger partial charge is 0.177 e. The molecule has 0 saturated heterocycles. The molecule has 1 aromatic rings. The standard InChI is InChI=1S/C13H17BrOS/c1-2-9-4-3-5-10(8-9)12(15)13-11(14)6-7-16-13/h6-7,9-10H,2-5,8H2,1H3. The monoisotopic (exact) mass is 300 g/mol. The van der Waals surface area contributed by atoms with Gasteiger partial charge in [0.15, 0.2) is 5.78 Å². The molecule has 1 heterocycles. The van der Waals surface area contributed by atoms with Crippen molar-refractivity contribution in [1.29, 1.82) is 0 Å². The summed E-state index contributed by atoms with van der Waals surface area (Å²) in [5, 5.41) is 1.98. The van der Waals surface area contributed by atoms with E-state index in [1.807, 2.05) is 11.4 Å². The van der Waals surface area contributed by atoms with Crippen LogP contribution in [0, 0.1) is 11.8 Å². The van der Waals surface area contributed by atoms with E-state index in [-0.39, 0.29) is 5.92 Å². The average Bonchev–Trinajstić information content (AvgIpc) is 2.74. The molecule has 88 valence electrons. The summed E-state index contributed by atoms with van der Waals surface area (Å²) in [5.41, 5.74) is 0. The predicted molar refractivity (Wildman–Crippen MR) is 72.1 cm³/mol. The first kappa shape index (κ1) is 12.3. The van der Waals surface area contributed by atoms with Gasteiger partial charge < -0.3 is 0 Å². The molecule has 0 spiro atoms. The van der Waals surface area contributed by atoms with Gasteiger partial charge in [0.25, 0.3) is 0 Å². The van der Waals surface area contributed by atoms with Crippen molar-refractivity contribution in [2.75, 3.05) is 0 Å². The minimum atomic E-state index is 0.272. The highest BCUT2D eigenvalue weighted by Crippen LogP contribution is 2.35. The lowest BCUT2D eigenvalue weighted by Crippen LogP contribution is -2.22. The Labute approximate surface area is 109 Å². The summed E-state index contributed by atoms with van der Waals surface area (Å²) < 4.78 is 0.973. The van der Waals surface area contributed by atoms with E-state index in [2.05, 4.69) is 22.9 Å². The third-order valence-corrected chi connectivity index (χ3v) is 5.42. The lowest BCUT2D eigenvalue weighted by molar-refractivity contribution is 0.0865. The molecular formula is C13H17BrOS. The molecule has 16 heavy (non-hydrogen) atoms. The second-order valence-electron chi connectivity index (χ2n) is 4.60. The van der Waals surface area contributed by atoms with Crippen LogP contribution in [0.4, 0.5) is 0 Å². The molecule has 1 aromatic heterocycles. The van der Waals surface area contributed by atoms with Crippen LogP contribution in [-0.4, -0.2) is 5.78 Å². The second kappa shape index (κ2) is 5.46. The van der Waals surface area contributed by atoms with Gasteiger partial charge in [-0.25, -0.2) is 0 Å². The van der Waals surface area contributed by atoms with Crippen LogP contribution in [0.2, 0.25) is 0 Å². The van der Waals surface area contributed by atoms with Crippen LogP contribution in [-0.2, 0) is 0 Å². The first-order valence-corrected chi connectivity index (χ1v) is 7.66. The molecule has 1 nitrogen and oxygen atoms in total. The molecule has 0 bridgehead atoms. The van der Waals surface area contributed by atoms with Gasteiger partial charge in [0.05, 0.1) is 4.88 Å². The van der Waals surface area contributed by atoms with Crippen molar-refractivity contribution < 1.29 is 4.79 Å². The Morgan fingerprint density at radius 1 is 1.56 bits per heavy atom. The van der Waals surface area contributed by atoms with E-state index in [0.717, 1.165) is 28.1 Å². The molecule has 1 fully saturated rings. The summed E-state index contributed by atoms with van der Waals surface area (Å²) >= 11 is 5.02. The topological polar surface area (TPSA) is 17.1 Å². The zero-order chi connectivity index (χ0) is 11.5. The Kier molecular flexibility index (Phi) is 4.20. The molecule has 1 aliphatic carbocycles. The molecule has 0 amide bonds. The Balaban J connectivity index is 2.07. The first-order chi connectivity index (χ1) is 7.72. The van der Waals surface area contributed by atoms with Crippen LogP contribution in [0.25, 0.3) is 0 Å². The Hall–Kier alpha value is -0.150. The second-order valence-corrected chi connectivity index (χ2v) is 6.37. The molecule has 2 atom stereocenters. The molecular weight excluding hydrogens is 284 g/mol. The van der Waals surface area contributed by atoms with Crippen molar-refractivity contribution >= 4 is 33.0 Å². The minimum Gasteiger partial charge on any atom is -0.293 e. The fourth-order valence-electron chi connectivity index (χ4n) is 2.55. The van der Waals surface area contributed by atoms with E-state index in [1.54, 1.807) is 11.3 Å². The van der Waals surface area contributed by atoms with Gasteiger partial charge in [-0.05, 0) is 46.1 Å². The summed E-state index contributed by atoms with van der Waals surface area (Å²) in [6.45, 7) is 2.23. The van der Waals surface area contributed by atoms with E-state index >= 15 is 0 Å². The largest absolute Gasteiger partial charge is 0.293 e. The van der Waals surface area contributed by atoms with Crippen molar-refractivity contribution in [3.05, 3.63) is 20.8 Å². The van der Waals surface area contributed by atoms with E-state index in [4.69, 9.17) is 0 Å². The van der Waals surface area contributed by atoms with E-state index in [1.165, 1.54) is 19.3 Å². The summed E-state index contributed by atoms with van der Waals surface area (Å²) in [4.78, 5) is 13.2. The van der Waals surface area contributed by atoms with Crippen molar-refractivity contribution in [2.45, 2.75) is 39.0 Å². The molecule has 3 heteroatoms. The number of hydrogen-bond donors (Lipinski definition) is 0. The molecule has 0 aliphatic heterocycles. The number of carbonyl (C=O) groups excluding carboxylic acids is 1. The summed E-state index contributed by atoms with van der Waals surface area (Å²) in [6.07, 6.45) is 5.93. The molecule has 1 saturated carbocycles. The predicted octanol–water partition coefficient (Wildman–Crippen LogP) is 4.91. The number of halogens is 1. The SMILES string of the molecule is CCC1CCCC(C(=O)c2sccc2Br)C1. The van der Waals surface area contributed by atoms with Gasteiger partial charge in [0.1, 0.15) is 0 Å². The quantitative estimate of drug-likeness (QED) is 0.725. The lowest BCUT2D eigenvalue weighted by Gasteiger charge is -2.27.